The molecule has 1 N–H and O–H groups in total. The normalized spacial score (nSPS) is 11.1. The SMILES string of the molecule is C=Cc1cnc2cnc(-c3c(COC)[nH]n(C)c3=O)cn12. The number of aromatic amines is 1. The van der Waals surface area contributed by atoms with Crippen molar-refractivity contribution in [1.29, 1.82) is 0 Å². The molecule has 3 heterocycles. The maximum atomic E-state index is 12.3. The molecule has 0 amide bonds. The van der Waals surface area contributed by atoms with E-state index in [4.69, 9.17) is 4.74 Å². The number of rotatable bonds is 4. The molecule has 3 aromatic heterocycles. The molecule has 0 spiro atoms. The van der Waals surface area contributed by atoms with Crippen LogP contribution in [0.3, 0.4) is 0 Å². The summed E-state index contributed by atoms with van der Waals surface area (Å²) >= 11 is 0. The highest BCUT2D eigenvalue weighted by Gasteiger charge is 2.16. The molecule has 0 aliphatic heterocycles. The molecule has 0 fully saturated rings. The van der Waals surface area contributed by atoms with Gasteiger partial charge in [0.05, 0.1) is 41.6 Å². The van der Waals surface area contributed by atoms with E-state index in [-0.39, 0.29) is 5.56 Å². The van der Waals surface area contributed by atoms with E-state index in [9.17, 15) is 4.79 Å². The van der Waals surface area contributed by atoms with Gasteiger partial charge in [-0.1, -0.05) is 6.58 Å². The van der Waals surface area contributed by atoms with Gasteiger partial charge in [0.15, 0.2) is 5.65 Å². The molecule has 0 saturated carbocycles. The Hall–Kier alpha value is -2.67. The minimum absolute atomic E-state index is 0.144. The molecule has 0 saturated heterocycles. The zero-order valence-electron chi connectivity index (χ0n) is 11.8. The maximum absolute atomic E-state index is 12.3. The lowest BCUT2D eigenvalue weighted by Gasteiger charge is -2.03. The van der Waals surface area contributed by atoms with E-state index in [1.807, 2.05) is 4.40 Å². The second-order valence-electron chi connectivity index (χ2n) is 4.65. The van der Waals surface area contributed by atoms with E-state index < -0.39 is 0 Å². The van der Waals surface area contributed by atoms with Crippen LogP contribution in [0.15, 0.2) is 30.0 Å². The van der Waals surface area contributed by atoms with Crippen molar-refractivity contribution < 1.29 is 4.74 Å². The molecule has 108 valence electrons. The lowest BCUT2D eigenvalue weighted by Crippen LogP contribution is -2.13. The molecule has 0 unspecified atom stereocenters. The summed E-state index contributed by atoms with van der Waals surface area (Å²) in [4.78, 5) is 20.8. The van der Waals surface area contributed by atoms with Gasteiger partial charge < -0.3 is 4.74 Å². The van der Waals surface area contributed by atoms with Crippen molar-refractivity contribution in [2.24, 2.45) is 7.05 Å². The van der Waals surface area contributed by atoms with E-state index in [2.05, 4.69) is 21.6 Å². The number of methoxy groups -OCH3 is 1. The van der Waals surface area contributed by atoms with Gasteiger partial charge in [0, 0.05) is 20.4 Å². The average molecular weight is 285 g/mol. The van der Waals surface area contributed by atoms with Gasteiger partial charge in [-0.05, 0) is 6.08 Å². The first-order chi connectivity index (χ1) is 10.2. The highest BCUT2D eigenvalue weighted by atomic mass is 16.5. The van der Waals surface area contributed by atoms with Crippen molar-refractivity contribution in [1.82, 2.24) is 24.1 Å². The van der Waals surface area contributed by atoms with Crippen molar-refractivity contribution in [3.63, 3.8) is 0 Å². The number of hydrogen-bond acceptors (Lipinski definition) is 4. The molecule has 0 atom stereocenters. The van der Waals surface area contributed by atoms with Gasteiger partial charge in [-0.25, -0.2) is 4.98 Å². The van der Waals surface area contributed by atoms with Crippen LogP contribution in [0.5, 0.6) is 0 Å². The molecule has 0 aliphatic carbocycles. The van der Waals surface area contributed by atoms with Crippen molar-refractivity contribution >= 4 is 11.7 Å². The Morgan fingerprint density at radius 1 is 1.43 bits per heavy atom. The molecule has 0 radical (unpaired) electrons. The van der Waals surface area contributed by atoms with Crippen LogP contribution in [-0.2, 0) is 18.4 Å². The van der Waals surface area contributed by atoms with Gasteiger partial charge in [-0.15, -0.1) is 0 Å². The van der Waals surface area contributed by atoms with Gasteiger partial charge in [0.1, 0.15) is 0 Å². The van der Waals surface area contributed by atoms with Crippen molar-refractivity contribution in [2.45, 2.75) is 6.61 Å². The van der Waals surface area contributed by atoms with Crippen molar-refractivity contribution in [3.05, 3.63) is 46.9 Å². The number of hydrogen-bond donors (Lipinski definition) is 1. The van der Waals surface area contributed by atoms with Crippen LogP contribution in [0.1, 0.15) is 11.4 Å². The zero-order chi connectivity index (χ0) is 15.0. The Morgan fingerprint density at radius 2 is 2.24 bits per heavy atom. The molecule has 0 aliphatic rings. The van der Waals surface area contributed by atoms with Gasteiger partial charge in [-0.3, -0.25) is 24.0 Å². The highest BCUT2D eigenvalue weighted by molar-refractivity contribution is 5.62. The molecule has 7 nitrogen and oxygen atoms in total. The molecular weight excluding hydrogens is 270 g/mol. The summed E-state index contributed by atoms with van der Waals surface area (Å²) in [5, 5.41) is 2.98. The average Bonchev–Trinajstić information content (AvgIpc) is 3.00. The molecule has 3 aromatic rings. The standard InChI is InChI=1S/C14H15N5O2/c1-4-9-5-16-12-6-15-10(7-19(9)12)13-11(8-21-3)17-18(2)14(13)20/h4-7,17H,1,8H2,2-3H3. The number of fused-ring (bicyclic) bond motifs is 1. The summed E-state index contributed by atoms with van der Waals surface area (Å²) in [5.41, 5.74) is 3.16. The molecule has 0 bridgehead atoms. The van der Waals surface area contributed by atoms with Gasteiger partial charge in [0.25, 0.3) is 5.56 Å². The summed E-state index contributed by atoms with van der Waals surface area (Å²) in [6.45, 7) is 4.06. The number of aryl methyl sites for hydroxylation is 1. The quantitative estimate of drug-likeness (QED) is 0.781. The molecule has 0 aromatic carbocycles. The predicted molar refractivity (Wildman–Crippen MR) is 78.8 cm³/mol. The summed E-state index contributed by atoms with van der Waals surface area (Å²) in [6.07, 6.45) is 6.82. The first-order valence-corrected chi connectivity index (χ1v) is 6.38. The van der Waals surface area contributed by atoms with Crippen LogP contribution in [-0.4, -0.2) is 31.3 Å². The predicted octanol–water partition coefficient (Wildman–Crippen LogP) is 1.21. The second kappa shape index (κ2) is 5.02. The largest absolute Gasteiger partial charge is 0.378 e. The first kappa shape index (κ1) is 13.3. The van der Waals surface area contributed by atoms with Gasteiger partial charge >= 0.3 is 0 Å². The Labute approximate surface area is 120 Å². The third kappa shape index (κ3) is 2.07. The molecular formula is C14H15N5O2. The zero-order valence-corrected chi connectivity index (χ0v) is 11.8. The fourth-order valence-corrected chi connectivity index (χ4v) is 2.31. The number of imidazole rings is 1. The summed E-state index contributed by atoms with van der Waals surface area (Å²) in [6, 6.07) is 0. The summed E-state index contributed by atoms with van der Waals surface area (Å²) in [5.74, 6) is 0. The van der Waals surface area contributed by atoms with Crippen LogP contribution < -0.4 is 5.56 Å². The lowest BCUT2D eigenvalue weighted by molar-refractivity contribution is 0.181. The number of ether oxygens (including phenoxy) is 1. The smallest absolute Gasteiger partial charge is 0.276 e. The summed E-state index contributed by atoms with van der Waals surface area (Å²) < 4.78 is 8.39. The third-order valence-corrected chi connectivity index (χ3v) is 3.30. The van der Waals surface area contributed by atoms with Crippen molar-refractivity contribution in [3.8, 4) is 11.3 Å². The van der Waals surface area contributed by atoms with Crippen LogP contribution in [0.4, 0.5) is 0 Å². The highest BCUT2D eigenvalue weighted by Crippen LogP contribution is 2.19. The lowest BCUT2D eigenvalue weighted by atomic mass is 10.2. The molecule has 21 heavy (non-hydrogen) atoms. The Balaban J connectivity index is 2.24. The molecule has 7 heteroatoms. The van der Waals surface area contributed by atoms with E-state index >= 15 is 0 Å². The number of H-pyrrole nitrogens is 1. The van der Waals surface area contributed by atoms with Crippen molar-refractivity contribution in [2.75, 3.05) is 7.11 Å². The summed E-state index contributed by atoms with van der Waals surface area (Å²) in [7, 11) is 3.24. The van der Waals surface area contributed by atoms with E-state index in [1.165, 1.54) is 4.68 Å². The minimum Gasteiger partial charge on any atom is -0.378 e. The second-order valence-corrected chi connectivity index (χ2v) is 4.65. The van der Waals surface area contributed by atoms with E-state index in [1.54, 1.807) is 38.8 Å². The minimum atomic E-state index is -0.144. The van der Waals surface area contributed by atoms with E-state index in [0.717, 1.165) is 5.69 Å². The topological polar surface area (TPSA) is 77.2 Å². The van der Waals surface area contributed by atoms with Crippen LogP contribution >= 0.6 is 0 Å². The Kier molecular flexibility index (Phi) is 3.19. The fraction of sp³-hybridized carbons (Fsp3) is 0.214. The van der Waals surface area contributed by atoms with Crippen LogP contribution in [0.25, 0.3) is 23.0 Å². The van der Waals surface area contributed by atoms with Crippen LogP contribution in [0.2, 0.25) is 0 Å². The van der Waals surface area contributed by atoms with E-state index in [0.29, 0.717) is 29.2 Å². The number of nitrogens with one attached hydrogen (secondary N) is 1. The number of nitrogens with zero attached hydrogens (tertiary/aromatic N) is 4. The first-order valence-electron chi connectivity index (χ1n) is 6.38. The number of aromatic nitrogens is 5. The molecule has 3 rings (SSSR count). The van der Waals surface area contributed by atoms with Crippen LogP contribution in [0, 0.1) is 0 Å². The monoisotopic (exact) mass is 285 g/mol. The Morgan fingerprint density at radius 3 is 2.95 bits per heavy atom. The fourth-order valence-electron chi connectivity index (χ4n) is 2.31. The maximum Gasteiger partial charge on any atom is 0.276 e. The Bertz CT molecular complexity index is 871. The third-order valence-electron chi connectivity index (χ3n) is 3.30. The van der Waals surface area contributed by atoms with Gasteiger partial charge in [0.2, 0.25) is 0 Å². The van der Waals surface area contributed by atoms with Gasteiger partial charge in [-0.2, -0.15) is 0 Å².